The van der Waals surface area contributed by atoms with Crippen LogP contribution in [-0.4, -0.2) is 33.3 Å². The number of aromatic nitrogens is 2. The van der Waals surface area contributed by atoms with Gasteiger partial charge in [-0.3, -0.25) is 9.48 Å². The molecule has 14 heavy (non-hydrogen) atoms. The van der Waals surface area contributed by atoms with Crippen LogP contribution in [0.15, 0.2) is 6.20 Å². The number of carbonyl (C=O) groups is 2. The van der Waals surface area contributed by atoms with Gasteiger partial charge in [0.1, 0.15) is 0 Å². The van der Waals surface area contributed by atoms with Crippen molar-refractivity contribution in [2.24, 2.45) is 7.05 Å². The van der Waals surface area contributed by atoms with E-state index in [9.17, 15) is 9.59 Å². The van der Waals surface area contributed by atoms with Crippen molar-refractivity contribution in [3.63, 3.8) is 0 Å². The first kappa shape index (κ1) is 10.2. The van der Waals surface area contributed by atoms with E-state index < -0.39 is 11.9 Å². The molecule has 1 amide bonds. The molecule has 1 rings (SSSR count). The van der Waals surface area contributed by atoms with Crippen LogP contribution in [0, 0.1) is 0 Å². The Morgan fingerprint density at radius 1 is 1.64 bits per heavy atom. The van der Waals surface area contributed by atoms with Crippen LogP contribution in [0.3, 0.4) is 0 Å². The fourth-order valence-electron chi connectivity index (χ4n) is 1.07. The van der Waals surface area contributed by atoms with E-state index in [1.807, 2.05) is 0 Å². The van der Waals surface area contributed by atoms with E-state index in [1.54, 1.807) is 14.0 Å². The highest BCUT2D eigenvalue weighted by Gasteiger charge is 2.19. The molecule has 2 N–H and O–H groups in total. The molecule has 0 fully saturated rings. The largest absolute Gasteiger partial charge is 0.476 e. The van der Waals surface area contributed by atoms with E-state index in [1.165, 1.54) is 10.9 Å². The van der Waals surface area contributed by atoms with Crippen LogP contribution in [0.2, 0.25) is 0 Å². The van der Waals surface area contributed by atoms with Crippen LogP contribution in [0.25, 0.3) is 0 Å². The molecule has 0 unspecified atom stereocenters. The van der Waals surface area contributed by atoms with Crippen LogP contribution in [0.5, 0.6) is 0 Å². The molecule has 0 spiro atoms. The van der Waals surface area contributed by atoms with E-state index in [0.717, 1.165) is 0 Å². The molecular formula is C8H11N3O3. The van der Waals surface area contributed by atoms with Crippen LogP contribution in [0.1, 0.15) is 27.8 Å². The van der Waals surface area contributed by atoms with Crippen LogP contribution >= 0.6 is 0 Å². The Labute approximate surface area is 80.5 Å². The molecule has 0 aliphatic heterocycles. The van der Waals surface area contributed by atoms with E-state index in [-0.39, 0.29) is 11.3 Å². The Morgan fingerprint density at radius 2 is 2.29 bits per heavy atom. The molecule has 0 radical (unpaired) electrons. The maximum absolute atomic E-state index is 11.4. The van der Waals surface area contributed by atoms with E-state index >= 15 is 0 Å². The second-order valence-corrected chi connectivity index (χ2v) is 2.73. The highest BCUT2D eigenvalue weighted by atomic mass is 16.4. The number of carbonyl (C=O) groups excluding carboxylic acids is 1. The molecule has 0 saturated carbocycles. The molecule has 0 aliphatic rings. The summed E-state index contributed by atoms with van der Waals surface area (Å²) < 4.78 is 1.30. The summed E-state index contributed by atoms with van der Waals surface area (Å²) in [4.78, 5) is 22.0. The van der Waals surface area contributed by atoms with Gasteiger partial charge in [-0.15, -0.1) is 0 Å². The number of hydrogen-bond acceptors (Lipinski definition) is 3. The molecule has 0 aromatic carbocycles. The molecule has 76 valence electrons. The maximum Gasteiger partial charge on any atom is 0.357 e. The minimum Gasteiger partial charge on any atom is -0.476 e. The van der Waals surface area contributed by atoms with Crippen molar-refractivity contribution in [3.05, 3.63) is 17.5 Å². The standard InChI is InChI=1S/C8H11N3O3/c1-3-9-7(12)5-4-11(2)10-6(5)8(13)14/h4H,3H2,1-2H3,(H,9,12)(H,13,14). The van der Waals surface area contributed by atoms with Gasteiger partial charge in [0.05, 0.1) is 5.56 Å². The topological polar surface area (TPSA) is 84.2 Å². The second-order valence-electron chi connectivity index (χ2n) is 2.73. The lowest BCUT2D eigenvalue weighted by atomic mass is 10.2. The lowest BCUT2D eigenvalue weighted by molar-refractivity contribution is 0.0684. The van der Waals surface area contributed by atoms with E-state index in [0.29, 0.717) is 6.54 Å². The summed E-state index contributed by atoms with van der Waals surface area (Å²) in [7, 11) is 1.56. The number of rotatable bonds is 3. The smallest absolute Gasteiger partial charge is 0.357 e. The highest BCUT2D eigenvalue weighted by Crippen LogP contribution is 2.05. The van der Waals surface area contributed by atoms with Crippen molar-refractivity contribution in [1.29, 1.82) is 0 Å². The molecule has 6 heteroatoms. The van der Waals surface area contributed by atoms with Crippen LogP contribution < -0.4 is 5.32 Å². The SMILES string of the molecule is CCNC(=O)c1cn(C)nc1C(=O)O. The minimum atomic E-state index is -1.20. The Hall–Kier alpha value is -1.85. The molecule has 0 saturated heterocycles. The predicted molar refractivity (Wildman–Crippen MR) is 48.2 cm³/mol. The van der Waals surface area contributed by atoms with Crippen molar-refractivity contribution in [2.75, 3.05) is 6.54 Å². The Balaban J connectivity index is 3.06. The first-order valence-electron chi connectivity index (χ1n) is 4.11. The van der Waals surface area contributed by atoms with Gasteiger partial charge in [-0.05, 0) is 6.92 Å². The average Bonchev–Trinajstić information content (AvgIpc) is 2.48. The van der Waals surface area contributed by atoms with Gasteiger partial charge in [0.25, 0.3) is 5.91 Å². The van der Waals surface area contributed by atoms with Crippen LogP contribution in [-0.2, 0) is 7.05 Å². The number of nitrogens with one attached hydrogen (secondary N) is 1. The fourth-order valence-corrected chi connectivity index (χ4v) is 1.07. The normalized spacial score (nSPS) is 9.86. The number of aromatic carboxylic acids is 1. The van der Waals surface area contributed by atoms with E-state index in [4.69, 9.17) is 5.11 Å². The summed E-state index contributed by atoms with van der Waals surface area (Å²) in [5, 5.41) is 14.9. The van der Waals surface area contributed by atoms with Crippen LogP contribution in [0.4, 0.5) is 0 Å². The van der Waals surface area contributed by atoms with Gasteiger partial charge in [0.15, 0.2) is 5.69 Å². The summed E-state index contributed by atoms with van der Waals surface area (Å²) in [6, 6.07) is 0. The van der Waals surface area contributed by atoms with Crippen molar-refractivity contribution in [1.82, 2.24) is 15.1 Å². The molecule has 1 aromatic rings. The lowest BCUT2D eigenvalue weighted by Gasteiger charge is -1.98. The number of amides is 1. The predicted octanol–water partition coefficient (Wildman–Crippen LogP) is -0.132. The van der Waals surface area contributed by atoms with Crippen molar-refractivity contribution in [2.45, 2.75) is 6.92 Å². The third-order valence-corrected chi connectivity index (χ3v) is 1.61. The van der Waals surface area contributed by atoms with Gasteiger partial charge in [-0.1, -0.05) is 0 Å². The first-order valence-corrected chi connectivity index (χ1v) is 4.11. The average molecular weight is 197 g/mol. The summed E-state index contributed by atoms with van der Waals surface area (Å²) in [6.45, 7) is 2.21. The fraction of sp³-hybridized carbons (Fsp3) is 0.375. The molecule has 1 heterocycles. The molecule has 0 atom stereocenters. The Kier molecular flexibility index (Phi) is 2.85. The van der Waals surface area contributed by atoms with Gasteiger partial charge in [0, 0.05) is 19.8 Å². The number of hydrogen-bond donors (Lipinski definition) is 2. The summed E-state index contributed by atoms with van der Waals surface area (Å²) in [6.07, 6.45) is 1.38. The number of carboxylic acid groups (broad SMARTS) is 1. The third-order valence-electron chi connectivity index (χ3n) is 1.61. The summed E-state index contributed by atoms with van der Waals surface area (Å²) in [5.74, 6) is -1.62. The zero-order chi connectivity index (χ0) is 10.7. The van der Waals surface area contributed by atoms with Gasteiger partial charge < -0.3 is 10.4 Å². The number of carboxylic acids is 1. The van der Waals surface area contributed by atoms with E-state index in [2.05, 4.69) is 10.4 Å². The summed E-state index contributed by atoms with van der Waals surface area (Å²) >= 11 is 0. The highest BCUT2D eigenvalue weighted by molar-refractivity contribution is 6.03. The molecule has 0 bridgehead atoms. The number of nitrogens with zero attached hydrogens (tertiary/aromatic N) is 2. The van der Waals surface area contributed by atoms with Crippen molar-refractivity contribution in [3.8, 4) is 0 Å². The molecule has 0 aliphatic carbocycles. The first-order chi connectivity index (χ1) is 6.56. The number of aryl methyl sites for hydroxylation is 1. The Morgan fingerprint density at radius 3 is 2.79 bits per heavy atom. The molecule has 6 nitrogen and oxygen atoms in total. The van der Waals surface area contributed by atoms with Gasteiger partial charge in [-0.25, -0.2) is 4.79 Å². The monoisotopic (exact) mass is 197 g/mol. The quantitative estimate of drug-likeness (QED) is 0.706. The lowest BCUT2D eigenvalue weighted by Crippen LogP contribution is -2.24. The van der Waals surface area contributed by atoms with Gasteiger partial charge in [-0.2, -0.15) is 5.10 Å². The zero-order valence-corrected chi connectivity index (χ0v) is 7.94. The van der Waals surface area contributed by atoms with Crippen molar-refractivity contribution < 1.29 is 14.7 Å². The van der Waals surface area contributed by atoms with Gasteiger partial charge in [0.2, 0.25) is 0 Å². The molecule has 1 aromatic heterocycles. The zero-order valence-electron chi connectivity index (χ0n) is 7.94. The van der Waals surface area contributed by atoms with Crippen molar-refractivity contribution >= 4 is 11.9 Å². The summed E-state index contributed by atoms with van der Waals surface area (Å²) in [5.41, 5.74) is -0.139. The molecular weight excluding hydrogens is 186 g/mol. The minimum absolute atomic E-state index is 0.0850. The Bertz CT molecular complexity index is 370. The third kappa shape index (κ3) is 1.90. The maximum atomic E-state index is 11.4. The second kappa shape index (κ2) is 3.91. The van der Waals surface area contributed by atoms with Gasteiger partial charge >= 0.3 is 5.97 Å².